The van der Waals surface area contributed by atoms with E-state index in [1.54, 1.807) is 6.92 Å². The number of fused-ring (bicyclic) bond motifs is 1. The van der Waals surface area contributed by atoms with Crippen molar-refractivity contribution in [2.24, 2.45) is 0 Å². The van der Waals surface area contributed by atoms with Crippen LogP contribution in [0.5, 0.6) is 0 Å². The van der Waals surface area contributed by atoms with Crippen LogP contribution in [0.3, 0.4) is 0 Å². The molecule has 3 rings (SSSR count). The molecule has 0 aliphatic carbocycles. The Balaban J connectivity index is 2.01. The maximum absolute atomic E-state index is 11.5. The molecular formula is C23H28N4O. The van der Waals surface area contributed by atoms with E-state index in [0.717, 1.165) is 47.5 Å². The van der Waals surface area contributed by atoms with Crippen molar-refractivity contribution in [2.45, 2.75) is 26.7 Å². The fourth-order valence-electron chi connectivity index (χ4n) is 3.71. The van der Waals surface area contributed by atoms with Crippen LogP contribution >= 0.6 is 0 Å². The van der Waals surface area contributed by atoms with Gasteiger partial charge in [0.15, 0.2) is 0 Å². The van der Waals surface area contributed by atoms with E-state index in [-0.39, 0.29) is 5.78 Å². The Labute approximate surface area is 167 Å². The topological polar surface area (TPSA) is 68.2 Å². The molecule has 1 heterocycles. The maximum Gasteiger partial charge on any atom is 0.148 e. The molecule has 5 heteroatoms. The Morgan fingerprint density at radius 1 is 1.25 bits per heavy atom. The molecule has 146 valence electrons. The molecule has 3 N–H and O–H groups in total. The predicted octanol–water partition coefficient (Wildman–Crippen LogP) is 4.29. The minimum absolute atomic E-state index is 0.119. The average molecular weight is 377 g/mol. The summed E-state index contributed by atoms with van der Waals surface area (Å²) in [5.41, 5.74) is 7.64. The number of para-hydroxylation sites is 1. The van der Waals surface area contributed by atoms with Crippen LogP contribution in [-0.2, 0) is 11.2 Å². The second-order valence-electron chi connectivity index (χ2n) is 7.16. The lowest BCUT2D eigenvalue weighted by atomic mass is 9.95. The highest BCUT2D eigenvalue weighted by molar-refractivity contribution is 6.08. The standard InChI is InChI=1S/C23H28N4O/c1-16-6-4-8-22(23(16)26-14-17(2)28)27-11-5-7-19-12-18(9-10-21(19)27)20(13-24)15-25-3/h4,6,8-10,12-13,15,24-26H,5,7,11,14H2,1-3H3/b20-15+,24-13?. The highest BCUT2D eigenvalue weighted by Gasteiger charge is 2.22. The van der Waals surface area contributed by atoms with Gasteiger partial charge < -0.3 is 20.9 Å². The summed E-state index contributed by atoms with van der Waals surface area (Å²) in [6.07, 6.45) is 5.31. The number of benzene rings is 2. The number of rotatable bonds is 7. The Bertz CT molecular complexity index is 917. The van der Waals surface area contributed by atoms with E-state index >= 15 is 0 Å². The zero-order chi connectivity index (χ0) is 20.1. The van der Waals surface area contributed by atoms with Crippen LogP contribution in [0.25, 0.3) is 5.57 Å². The third-order valence-corrected chi connectivity index (χ3v) is 5.04. The van der Waals surface area contributed by atoms with Crippen molar-refractivity contribution in [3.05, 3.63) is 59.3 Å². The largest absolute Gasteiger partial charge is 0.393 e. The highest BCUT2D eigenvalue weighted by atomic mass is 16.1. The number of carbonyl (C=O) groups excluding carboxylic acids is 1. The summed E-state index contributed by atoms with van der Waals surface area (Å²) in [7, 11) is 1.84. The van der Waals surface area contributed by atoms with Gasteiger partial charge in [-0.2, -0.15) is 0 Å². The number of carbonyl (C=O) groups is 1. The lowest BCUT2D eigenvalue weighted by molar-refractivity contribution is -0.115. The van der Waals surface area contributed by atoms with Crippen molar-refractivity contribution in [3.8, 4) is 0 Å². The number of hydrogen-bond donors (Lipinski definition) is 3. The van der Waals surface area contributed by atoms with E-state index in [2.05, 4.69) is 58.9 Å². The first-order chi connectivity index (χ1) is 13.5. The molecule has 0 fully saturated rings. The Morgan fingerprint density at radius 3 is 2.79 bits per heavy atom. The summed E-state index contributed by atoms with van der Waals surface area (Å²) in [6.45, 7) is 4.93. The number of nitrogens with one attached hydrogen (secondary N) is 3. The molecule has 0 spiro atoms. The van der Waals surface area contributed by atoms with E-state index in [4.69, 9.17) is 5.41 Å². The fraction of sp³-hybridized carbons (Fsp3) is 0.304. The minimum atomic E-state index is 0.119. The quantitative estimate of drug-likeness (QED) is 0.631. The van der Waals surface area contributed by atoms with E-state index in [0.29, 0.717) is 6.54 Å². The lowest BCUT2D eigenvalue weighted by Crippen LogP contribution is -2.26. The molecule has 2 aromatic rings. The van der Waals surface area contributed by atoms with Gasteiger partial charge in [-0.05, 0) is 61.6 Å². The summed E-state index contributed by atoms with van der Waals surface area (Å²) < 4.78 is 0. The van der Waals surface area contributed by atoms with Crippen LogP contribution in [0, 0.1) is 12.3 Å². The van der Waals surface area contributed by atoms with Crippen molar-refractivity contribution >= 4 is 34.6 Å². The smallest absolute Gasteiger partial charge is 0.148 e. The van der Waals surface area contributed by atoms with Crippen LogP contribution in [0.15, 0.2) is 42.6 Å². The monoisotopic (exact) mass is 376 g/mol. The normalized spacial score (nSPS) is 13.7. The summed E-state index contributed by atoms with van der Waals surface area (Å²) in [5, 5.41) is 14.0. The molecule has 5 nitrogen and oxygen atoms in total. The molecular weight excluding hydrogens is 348 g/mol. The van der Waals surface area contributed by atoms with Gasteiger partial charge in [-0.3, -0.25) is 4.79 Å². The van der Waals surface area contributed by atoms with Gasteiger partial charge in [-0.15, -0.1) is 0 Å². The van der Waals surface area contributed by atoms with E-state index in [9.17, 15) is 4.79 Å². The molecule has 0 saturated carbocycles. The first-order valence-electron chi connectivity index (χ1n) is 9.66. The van der Waals surface area contributed by atoms with Crippen LogP contribution < -0.4 is 15.5 Å². The van der Waals surface area contributed by atoms with Crippen LogP contribution in [0.1, 0.15) is 30.0 Å². The van der Waals surface area contributed by atoms with Gasteiger partial charge in [0.2, 0.25) is 0 Å². The van der Waals surface area contributed by atoms with Gasteiger partial charge in [-0.1, -0.05) is 18.2 Å². The second kappa shape index (κ2) is 8.74. The van der Waals surface area contributed by atoms with Crippen LogP contribution in [0.2, 0.25) is 0 Å². The van der Waals surface area contributed by atoms with Gasteiger partial charge >= 0.3 is 0 Å². The van der Waals surface area contributed by atoms with Gasteiger partial charge in [0.1, 0.15) is 5.78 Å². The molecule has 0 amide bonds. The van der Waals surface area contributed by atoms with Gasteiger partial charge in [0.25, 0.3) is 0 Å². The summed E-state index contributed by atoms with van der Waals surface area (Å²) in [5.74, 6) is 0.119. The number of ketones is 1. The second-order valence-corrected chi connectivity index (χ2v) is 7.16. The SMILES string of the molecule is CN/C=C(\C=N)c1ccc2c(c1)CCCN2c1cccc(C)c1NCC(C)=O. The number of aryl methyl sites for hydroxylation is 2. The summed E-state index contributed by atoms with van der Waals surface area (Å²) in [6, 6.07) is 12.7. The number of allylic oxidation sites excluding steroid dienone is 1. The van der Waals surface area contributed by atoms with Crippen LogP contribution in [-0.4, -0.2) is 32.1 Å². The molecule has 0 atom stereocenters. The first kappa shape index (κ1) is 19.7. The summed E-state index contributed by atoms with van der Waals surface area (Å²) in [4.78, 5) is 13.8. The molecule has 0 radical (unpaired) electrons. The Morgan fingerprint density at radius 2 is 2.07 bits per heavy atom. The molecule has 1 aliphatic rings. The van der Waals surface area contributed by atoms with Crippen molar-refractivity contribution in [2.75, 3.05) is 30.4 Å². The lowest BCUT2D eigenvalue weighted by Gasteiger charge is -2.33. The number of anilines is 3. The molecule has 0 saturated heterocycles. The van der Waals surface area contributed by atoms with Gasteiger partial charge in [0, 0.05) is 37.3 Å². The highest BCUT2D eigenvalue weighted by Crippen LogP contribution is 2.39. The molecule has 0 aromatic heterocycles. The van der Waals surface area contributed by atoms with E-state index < -0.39 is 0 Å². The van der Waals surface area contributed by atoms with Gasteiger partial charge in [0.05, 0.1) is 17.9 Å². The van der Waals surface area contributed by atoms with E-state index in [1.807, 2.05) is 13.2 Å². The minimum Gasteiger partial charge on any atom is -0.393 e. The zero-order valence-corrected chi connectivity index (χ0v) is 16.8. The van der Waals surface area contributed by atoms with Gasteiger partial charge in [-0.25, -0.2) is 0 Å². The van der Waals surface area contributed by atoms with Crippen molar-refractivity contribution in [1.82, 2.24) is 5.32 Å². The Kier molecular flexibility index (Phi) is 6.14. The fourth-order valence-corrected chi connectivity index (χ4v) is 3.71. The Hall–Kier alpha value is -3.08. The van der Waals surface area contributed by atoms with E-state index in [1.165, 1.54) is 17.5 Å². The average Bonchev–Trinajstić information content (AvgIpc) is 2.70. The van der Waals surface area contributed by atoms with Crippen molar-refractivity contribution < 1.29 is 4.79 Å². The molecule has 2 aromatic carbocycles. The maximum atomic E-state index is 11.5. The molecule has 28 heavy (non-hydrogen) atoms. The first-order valence-corrected chi connectivity index (χ1v) is 9.66. The number of nitrogens with zero attached hydrogens (tertiary/aromatic N) is 1. The molecule has 0 bridgehead atoms. The van der Waals surface area contributed by atoms with Crippen LogP contribution in [0.4, 0.5) is 17.1 Å². The predicted molar refractivity (Wildman–Crippen MR) is 118 cm³/mol. The van der Waals surface area contributed by atoms with Crippen molar-refractivity contribution in [1.29, 1.82) is 5.41 Å². The number of Topliss-reactive ketones (excluding diaryl/α,β-unsaturated/α-hetero) is 1. The summed E-state index contributed by atoms with van der Waals surface area (Å²) >= 11 is 0. The zero-order valence-electron chi connectivity index (χ0n) is 16.8. The molecule has 0 unspecified atom stereocenters. The third kappa shape index (κ3) is 4.09. The van der Waals surface area contributed by atoms with Crippen molar-refractivity contribution in [3.63, 3.8) is 0 Å². The molecule has 1 aliphatic heterocycles. The number of hydrogen-bond acceptors (Lipinski definition) is 5. The third-order valence-electron chi connectivity index (χ3n) is 5.04.